The predicted octanol–water partition coefficient (Wildman–Crippen LogP) is 0.482. The number of hydrogen-bond acceptors (Lipinski definition) is 3. The fraction of sp³-hybridized carbons (Fsp3) is 0.857. The molecule has 1 aliphatic heterocycles. The Labute approximate surface area is 59.3 Å². The monoisotopic (exact) mass is 142 g/mol. The molecule has 0 aromatic rings. The average molecular weight is 142 g/mol. The number of rotatable bonds is 0. The molecule has 1 aliphatic carbocycles. The zero-order chi connectivity index (χ0) is 7.03. The molecule has 0 aromatic heterocycles. The molecule has 3 nitrogen and oxygen atoms in total. The lowest BCUT2D eigenvalue weighted by Gasteiger charge is -2.17. The topological polar surface area (TPSA) is 35.5 Å². The van der Waals surface area contributed by atoms with Crippen LogP contribution in [0.25, 0.3) is 0 Å². The van der Waals surface area contributed by atoms with Crippen molar-refractivity contribution in [3.8, 4) is 0 Å². The Kier molecular flexibility index (Phi) is 1.28. The van der Waals surface area contributed by atoms with Gasteiger partial charge in [-0.3, -0.25) is 4.79 Å². The molecule has 0 amide bonds. The van der Waals surface area contributed by atoms with E-state index in [2.05, 4.69) is 0 Å². The van der Waals surface area contributed by atoms with Crippen LogP contribution >= 0.6 is 0 Å². The van der Waals surface area contributed by atoms with Crippen molar-refractivity contribution in [2.24, 2.45) is 0 Å². The Hall–Kier alpha value is -0.410. The molecule has 0 N–H and O–H groups in total. The first-order valence-electron chi connectivity index (χ1n) is 3.65. The van der Waals surface area contributed by atoms with E-state index in [1.165, 1.54) is 0 Å². The van der Waals surface area contributed by atoms with Crippen molar-refractivity contribution in [2.75, 3.05) is 13.2 Å². The van der Waals surface area contributed by atoms with Gasteiger partial charge in [-0.25, -0.2) is 0 Å². The smallest absolute Gasteiger partial charge is 0.229 e. The van der Waals surface area contributed by atoms with Gasteiger partial charge in [0.05, 0.1) is 13.2 Å². The van der Waals surface area contributed by atoms with E-state index in [-0.39, 0.29) is 5.78 Å². The SMILES string of the molecule is O=C1CCCC12OCCO2. The van der Waals surface area contributed by atoms with Crippen LogP contribution in [0, 0.1) is 0 Å². The summed E-state index contributed by atoms with van der Waals surface area (Å²) >= 11 is 0. The molecule has 0 aromatic carbocycles. The summed E-state index contributed by atoms with van der Waals surface area (Å²) in [6, 6.07) is 0. The summed E-state index contributed by atoms with van der Waals surface area (Å²) in [6.45, 7) is 1.15. The lowest BCUT2D eigenvalue weighted by molar-refractivity contribution is -0.173. The molecule has 1 saturated carbocycles. The number of ketones is 1. The van der Waals surface area contributed by atoms with Crippen molar-refractivity contribution in [1.29, 1.82) is 0 Å². The minimum absolute atomic E-state index is 0.130. The van der Waals surface area contributed by atoms with Gasteiger partial charge >= 0.3 is 0 Å². The van der Waals surface area contributed by atoms with E-state index in [0.29, 0.717) is 19.6 Å². The third-order valence-electron chi connectivity index (χ3n) is 2.09. The van der Waals surface area contributed by atoms with E-state index in [1.807, 2.05) is 0 Å². The first kappa shape index (κ1) is 6.31. The largest absolute Gasteiger partial charge is 0.341 e. The molecule has 3 heteroatoms. The quantitative estimate of drug-likeness (QED) is 0.493. The maximum atomic E-state index is 11.1. The maximum absolute atomic E-state index is 11.1. The van der Waals surface area contributed by atoms with Gasteiger partial charge < -0.3 is 9.47 Å². The van der Waals surface area contributed by atoms with Crippen LogP contribution in [0.15, 0.2) is 0 Å². The fourth-order valence-corrected chi connectivity index (χ4v) is 1.57. The summed E-state index contributed by atoms with van der Waals surface area (Å²) in [5, 5.41) is 0. The molecule has 1 heterocycles. The number of Topliss-reactive ketones (excluding diaryl/α,β-unsaturated/α-hetero) is 1. The van der Waals surface area contributed by atoms with Crippen LogP contribution in [0.1, 0.15) is 19.3 Å². The Bertz CT molecular complexity index is 153. The van der Waals surface area contributed by atoms with Gasteiger partial charge in [0.2, 0.25) is 5.79 Å². The molecule has 56 valence electrons. The highest BCUT2D eigenvalue weighted by atomic mass is 16.7. The zero-order valence-corrected chi connectivity index (χ0v) is 5.76. The molecule has 2 fully saturated rings. The highest BCUT2D eigenvalue weighted by molar-refractivity contribution is 5.88. The van der Waals surface area contributed by atoms with Gasteiger partial charge in [0.25, 0.3) is 0 Å². The molecule has 0 bridgehead atoms. The van der Waals surface area contributed by atoms with Crippen molar-refractivity contribution >= 4 is 5.78 Å². The van der Waals surface area contributed by atoms with Crippen LogP contribution in [0.3, 0.4) is 0 Å². The lowest BCUT2D eigenvalue weighted by atomic mass is 10.2. The van der Waals surface area contributed by atoms with E-state index in [0.717, 1.165) is 12.8 Å². The molecule has 2 rings (SSSR count). The molecular formula is C7H10O3. The Morgan fingerprint density at radius 2 is 2.00 bits per heavy atom. The lowest BCUT2D eigenvalue weighted by Crippen LogP contribution is -2.34. The van der Waals surface area contributed by atoms with Gasteiger partial charge in [-0.2, -0.15) is 0 Å². The molecule has 2 aliphatic rings. The van der Waals surface area contributed by atoms with Crippen molar-refractivity contribution < 1.29 is 14.3 Å². The second-order valence-electron chi connectivity index (χ2n) is 2.73. The van der Waals surface area contributed by atoms with E-state index in [9.17, 15) is 4.79 Å². The van der Waals surface area contributed by atoms with Crippen molar-refractivity contribution in [1.82, 2.24) is 0 Å². The second-order valence-corrected chi connectivity index (χ2v) is 2.73. The van der Waals surface area contributed by atoms with Crippen LogP contribution < -0.4 is 0 Å². The van der Waals surface area contributed by atoms with E-state index in [1.54, 1.807) is 0 Å². The molecule has 1 saturated heterocycles. The van der Waals surface area contributed by atoms with Crippen LogP contribution in [0.4, 0.5) is 0 Å². The van der Waals surface area contributed by atoms with Crippen molar-refractivity contribution in [3.05, 3.63) is 0 Å². The van der Waals surface area contributed by atoms with Gasteiger partial charge in [-0.05, 0) is 6.42 Å². The number of carbonyl (C=O) groups excluding carboxylic acids is 1. The van der Waals surface area contributed by atoms with Gasteiger partial charge in [0, 0.05) is 12.8 Å². The van der Waals surface area contributed by atoms with Crippen molar-refractivity contribution in [2.45, 2.75) is 25.0 Å². The van der Waals surface area contributed by atoms with Gasteiger partial charge in [-0.15, -0.1) is 0 Å². The molecule has 0 unspecified atom stereocenters. The second kappa shape index (κ2) is 2.04. The summed E-state index contributed by atoms with van der Waals surface area (Å²) in [6.07, 6.45) is 2.30. The van der Waals surface area contributed by atoms with Crippen molar-refractivity contribution in [3.63, 3.8) is 0 Å². The Balaban J connectivity index is 2.19. The van der Waals surface area contributed by atoms with Crippen LogP contribution in [-0.4, -0.2) is 24.8 Å². The van der Waals surface area contributed by atoms with E-state index >= 15 is 0 Å². The van der Waals surface area contributed by atoms with E-state index in [4.69, 9.17) is 9.47 Å². The third-order valence-corrected chi connectivity index (χ3v) is 2.09. The highest BCUT2D eigenvalue weighted by Crippen LogP contribution is 2.33. The minimum atomic E-state index is -0.792. The zero-order valence-electron chi connectivity index (χ0n) is 5.76. The molecule has 10 heavy (non-hydrogen) atoms. The molecule has 1 spiro atoms. The fourth-order valence-electron chi connectivity index (χ4n) is 1.57. The van der Waals surface area contributed by atoms with E-state index < -0.39 is 5.79 Å². The summed E-state index contributed by atoms with van der Waals surface area (Å²) in [5.41, 5.74) is 0. The number of ether oxygens (including phenoxy) is 2. The standard InChI is InChI=1S/C7H10O3/c8-6-2-1-3-7(6)9-4-5-10-7/h1-5H2. The minimum Gasteiger partial charge on any atom is -0.341 e. The molecule has 0 radical (unpaired) electrons. The first-order chi connectivity index (χ1) is 4.83. The highest BCUT2D eigenvalue weighted by Gasteiger charge is 2.47. The predicted molar refractivity (Wildman–Crippen MR) is 33.5 cm³/mol. The number of carbonyl (C=O) groups is 1. The van der Waals surface area contributed by atoms with Gasteiger partial charge in [-0.1, -0.05) is 0 Å². The summed E-state index contributed by atoms with van der Waals surface area (Å²) in [5.74, 6) is -0.662. The normalized spacial score (nSPS) is 30.2. The summed E-state index contributed by atoms with van der Waals surface area (Å²) in [4.78, 5) is 11.1. The Morgan fingerprint density at radius 3 is 2.50 bits per heavy atom. The van der Waals surface area contributed by atoms with Gasteiger partial charge in [0.15, 0.2) is 5.78 Å². The molecular weight excluding hydrogens is 132 g/mol. The van der Waals surface area contributed by atoms with Gasteiger partial charge in [0.1, 0.15) is 0 Å². The maximum Gasteiger partial charge on any atom is 0.229 e. The van der Waals surface area contributed by atoms with Crippen LogP contribution in [0.2, 0.25) is 0 Å². The Morgan fingerprint density at radius 1 is 1.30 bits per heavy atom. The third kappa shape index (κ3) is 0.707. The first-order valence-corrected chi connectivity index (χ1v) is 3.65. The summed E-state index contributed by atoms with van der Waals surface area (Å²) < 4.78 is 10.5. The average Bonchev–Trinajstić information content (AvgIpc) is 2.48. The molecule has 0 atom stereocenters. The number of hydrogen-bond donors (Lipinski definition) is 0. The van der Waals surface area contributed by atoms with Crippen LogP contribution in [-0.2, 0) is 14.3 Å². The summed E-state index contributed by atoms with van der Waals surface area (Å²) in [7, 11) is 0. The van der Waals surface area contributed by atoms with Crippen LogP contribution in [0.5, 0.6) is 0 Å².